The van der Waals surface area contributed by atoms with Crippen LogP contribution in [0.25, 0.3) is 0 Å². The monoisotopic (exact) mass is 976 g/mol. The Labute approximate surface area is 398 Å². The van der Waals surface area contributed by atoms with Crippen molar-refractivity contribution in [1.29, 1.82) is 0 Å². The first-order chi connectivity index (χ1) is 27.9. The number of allylic oxidation sites excluding steroid dienone is 13. The Kier molecular flexibility index (Phi) is 20.6. The molecule has 0 radical (unpaired) electrons. The van der Waals surface area contributed by atoms with Gasteiger partial charge in [0.15, 0.2) is 5.71 Å². The normalized spacial score (nSPS) is 22.5. The van der Waals surface area contributed by atoms with Crippen LogP contribution in [-0.2, 0) is 32.6 Å². The van der Waals surface area contributed by atoms with Crippen molar-refractivity contribution in [2.24, 2.45) is 17.8 Å². The number of fused-ring (bicyclic) bond motifs is 2. The van der Waals surface area contributed by atoms with Crippen molar-refractivity contribution >= 4 is 37.3 Å². The van der Waals surface area contributed by atoms with Gasteiger partial charge in [0.2, 0.25) is 5.69 Å². The summed E-state index contributed by atoms with van der Waals surface area (Å²) in [5.41, 5.74) is 12.9. The summed E-state index contributed by atoms with van der Waals surface area (Å²) in [7, 11) is -8.84. The van der Waals surface area contributed by atoms with Gasteiger partial charge in [0.1, 0.15) is 12.3 Å². The number of para-hydroxylation sites is 2. The van der Waals surface area contributed by atoms with Crippen molar-refractivity contribution in [3.63, 3.8) is 0 Å². The molecule has 0 amide bonds. The molecule has 3 aliphatic carbocycles. The summed E-state index contributed by atoms with van der Waals surface area (Å²) in [5.74, 6) is 2.66. The van der Waals surface area contributed by atoms with Gasteiger partial charge in [0.25, 0.3) is 0 Å². The van der Waals surface area contributed by atoms with Crippen LogP contribution in [0.15, 0.2) is 131 Å². The molecular weight excluding hydrogens is 905 g/mol. The van der Waals surface area contributed by atoms with E-state index >= 15 is 0 Å². The zero-order chi connectivity index (χ0) is 44.2. The van der Waals surface area contributed by atoms with Gasteiger partial charge in [0, 0.05) is 53.4 Å². The summed E-state index contributed by atoms with van der Waals surface area (Å²) in [6.45, 7) is 21.2. The minimum Gasteiger partial charge on any atom is -0.358 e. The van der Waals surface area contributed by atoms with Gasteiger partial charge < -0.3 is 24.5 Å². The predicted molar refractivity (Wildman–Crippen MR) is 261 cm³/mol. The Bertz CT molecular complexity index is 2140. The van der Waals surface area contributed by atoms with E-state index in [9.17, 15) is 25.2 Å². The van der Waals surface area contributed by atoms with Gasteiger partial charge in [-0.3, -0.25) is 0 Å². The van der Waals surface area contributed by atoms with Crippen molar-refractivity contribution in [2.45, 2.75) is 111 Å². The molecule has 358 valence electrons. The summed E-state index contributed by atoms with van der Waals surface area (Å²) in [4.78, 5) is 2.67. The van der Waals surface area contributed by atoms with E-state index in [1.54, 1.807) is 0 Å². The molecule has 5 aliphatic rings. The van der Waals surface area contributed by atoms with E-state index in [-0.39, 0.29) is 61.1 Å². The van der Waals surface area contributed by atoms with Gasteiger partial charge in [-0.05, 0) is 119 Å². The van der Waals surface area contributed by atoms with E-state index in [1.807, 2.05) is 7.11 Å². The van der Waals surface area contributed by atoms with Gasteiger partial charge in [-0.25, -0.2) is 0 Å². The van der Waals surface area contributed by atoms with E-state index in [1.165, 1.54) is 63.5 Å². The van der Waals surface area contributed by atoms with Crippen LogP contribution in [0.5, 0.6) is 0 Å². The molecule has 64 heavy (non-hydrogen) atoms. The zero-order valence-electron chi connectivity index (χ0n) is 39.7. The molecule has 7 rings (SSSR count). The Morgan fingerprint density at radius 1 is 0.828 bits per heavy atom. The Morgan fingerprint density at radius 2 is 1.41 bits per heavy atom. The molecule has 12 heteroatoms. The fraction of sp³-hybridized carbons (Fsp3) is 0.442. The molecule has 0 saturated heterocycles. The van der Waals surface area contributed by atoms with E-state index < -0.39 is 7.81 Å². The van der Waals surface area contributed by atoms with Crippen LogP contribution in [0.2, 0.25) is 0 Å². The van der Waals surface area contributed by atoms with Crippen molar-refractivity contribution < 1.29 is 51.6 Å². The Morgan fingerprint density at radius 3 is 1.97 bits per heavy atom. The van der Waals surface area contributed by atoms with Crippen LogP contribution >= 0.6 is 20.2 Å². The van der Waals surface area contributed by atoms with E-state index in [0.29, 0.717) is 11.8 Å². The minimum atomic E-state index is -10.7. The quantitative estimate of drug-likeness (QED) is 0.0733. The Balaban J connectivity index is 0.00000112. The minimum absolute atomic E-state index is 0. The summed E-state index contributed by atoms with van der Waals surface area (Å²) >= 11 is 0. The number of halogens is 7. The number of hydrogen-bond donors (Lipinski definition) is 0. The first kappa shape index (κ1) is 58.7. The summed E-state index contributed by atoms with van der Waals surface area (Å²) in [6.07, 6.45) is 28.1. The Hall–Kier alpha value is -3.29. The third-order valence-electron chi connectivity index (χ3n) is 12.3. The second kappa shape index (κ2) is 22.5. The van der Waals surface area contributed by atoms with Gasteiger partial charge in [-0.2, -0.15) is 4.58 Å². The number of rotatable bonds is 11. The summed E-state index contributed by atoms with van der Waals surface area (Å²) < 4.78 is 67.7. The van der Waals surface area contributed by atoms with Crippen LogP contribution < -0.4 is 4.90 Å². The molecule has 0 saturated carbocycles. The molecule has 0 spiro atoms. The van der Waals surface area contributed by atoms with Gasteiger partial charge in [-0.1, -0.05) is 101 Å². The molecule has 2 heterocycles. The molecule has 2 unspecified atom stereocenters. The van der Waals surface area contributed by atoms with Crippen LogP contribution in [0, 0.1) is 32.6 Å². The van der Waals surface area contributed by atoms with Crippen molar-refractivity contribution in [1.82, 2.24) is 0 Å². The van der Waals surface area contributed by atoms with E-state index in [0.717, 1.165) is 51.0 Å². The largest absolute Gasteiger partial charge is 2.00 e. The zero-order valence-corrected chi connectivity index (χ0v) is 42.5. The standard InChI is InChI=1S/C45H59N2O.C5H6.2CH3.ClH.F6P.Fe/c1-31(2)24-26-46-39-21-12-10-19-37(39)44(6,7)42(46)28-34-16-14-17-35(33(34)5)29-43-45(8,30-36-18-15-23-41(36)48-9)38-20-11-13-22-40(38)47(43)27-25-32(3)4;1-2-4-5-3-1;;;;1-7(2,3,4,5)6;/h10-13,15,18-23,28-29,31-32,36H,14,16-17,24-27,30H2,1-9H3;1-4H,5H2;2*1H3;1H;;/q+1;;2*-1;;-1;+2. The first-order valence-electron chi connectivity index (χ1n) is 21.5. The molecule has 2 atom stereocenters. The van der Waals surface area contributed by atoms with Crippen molar-refractivity contribution in [3.05, 3.63) is 157 Å². The number of benzene rings is 2. The fourth-order valence-electron chi connectivity index (χ4n) is 9.02. The van der Waals surface area contributed by atoms with Crippen LogP contribution in [-0.4, -0.2) is 30.5 Å². The molecule has 3 nitrogen and oxygen atoms in total. The van der Waals surface area contributed by atoms with Crippen LogP contribution in [0.3, 0.4) is 0 Å². The smallest absolute Gasteiger partial charge is 0.358 e. The van der Waals surface area contributed by atoms with Gasteiger partial charge in [0.05, 0.1) is 12.5 Å². The molecule has 0 bridgehead atoms. The second-order valence-corrected chi connectivity index (χ2v) is 20.2. The summed E-state index contributed by atoms with van der Waals surface area (Å²) in [6, 6.07) is 18.3. The maximum atomic E-state index is 9.87. The van der Waals surface area contributed by atoms with Crippen molar-refractivity contribution in [2.75, 3.05) is 25.1 Å². The van der Waals surface area contributed by atoms with Crippen LogP contribution in [0.1, 0.15) is 111 Å². The van der Waals surface area contributed by atoms with E-state index in [2.05, 4.69) is 168 Å². The first-order valence-corrected chi connectivity index (χ1v) is 23.5. The predicted octanol–water partition coefficient (Wildman–Crippen LogP) is 17.6. The fourth-order valence-corrected chi connectivity index (χ4v) is 9.02. The molecule has 0 fully saturated rings. The number of methoxy groups -OCH3 is 1. The third kappa shape index (κ3) is 15.4. The number of hydrogen-bond acceptors (Lipinski definition) is 2. The summed E-state index contributed by atoms with van der Waals surface area (Å²) in [5, 5.41) is 0. The number of nitrogens with zero attached hydrogens (tertiary/aromatic N) is 2. The van der Waals surface area contributed by atoms with Crippen molar-refractivity contribution in [3.8, 4) is 0 Å². The molecule has 0 aromatic heterocycles. The maximum absolute atomic E-state index is 10.7. The SMILES string of the molecule is C1=CCC=C1.COC1=CC=CC1CC1(C)C(=CC2=C(C)C(=CC3=[N+](CCC(C)C)c4ccccc4C3(C)C)CCC2)N(CCC(C)C)c2ccccc21.Cl.F[P-](F)(F)(F)(F)F.[CH3-].[CH3-].[Fe+2]. The van der Waals surface area contributed by atoms with E-state index in [4.69, 9.17) is 4.74 Å². The van der Waals surface area contributed by atoms with Crippen LogP contribution in [0.4, 0.5) is 36.6 Å². The van der Waals surface area contributed by atoms with Gasteiger partial charge >= 0.3 is 50.1 Å². The molecule has 0 N–H and O–H groups in total. The number of anilines is 1. The van der Waals surface area contributed by atoms with Gasteiger partial charge in [-0.15, -0.1) is 12.4 Å². The number of ether oxygens (including phenoxy) is 1. The molecule has 2 aromatic carbocycles. The third-order valence-corrected chi connectivity index (χ3v) is 12.3. The molecular formula is C52H72ClF6FeN2OP. The molecule has 2 aromatic rings. The average Bonchev–Trinajstić information content (AvgIpc) is 3.96. The second-order valence-electron chi connectivity index (χ2n) is 18.3. The average molecular weight is 977 g/mol. The topological polar surface area (TPSA) is 15.5 Å². The molecule has 2 aliphatic heterocycles. The maximum Gasteiger partial charge on any atom is 2.00 e.